The molecule has 0 aromatic carbocycles. The predicted molar refractivity (Wildman–Crippen MR) is 51.8 cm³/mol. The number of methoxy groups -OCH3 is 2. The summed E-state index contributed by atoms with van der Waals surface area (Å²) >= 11 is 0. The number of nitrogens with zero attached hydrogens (tertiary/aromatic N) is 2. The van der Waals surface area contributed by atoms with Gasteiger partial charge in [-0.25, -0.2) is 4.68 Å². The van der Waals surface area contributed by atoms with E-state index in [0.717, 1.165) is 0 Å². The van der Waals surface area contributed by atoms with Crippen molar-refractivity contribution in [1.29, 1.82) is 0 Å². The minimum Gasteiger partial charge on any atom is -0.491 e. The minimum absolute atomic E-state index is 0.248. The van der Waals surface area contributed by atoms with Crippen LogP contribution in [0.4, 0.5) is 0 Å². The third-order valence-corrected chi connectivity index (χ3v) is 1.65. The molecule has 0 saturated heterocycles. The maximum absolute atomic E-state index is 11.4. The molecule has 1 aromatic rings. The zero-order chi connectivity index (χ0) is 10.6. The van der Waals surface area contributed by atoms with E-state index in [0.29, 0.717) is 12.3 Å². The van der Waals surface area contributed by atoms with Gasteiger partial charge in [0.05, 0.1) is 26.8 Å². The highest BCUT2D eigenvalue weighted by molar-refractivity contribution is 5.30. The van der Waals surface area contributed by atoms with E-state index in [9.17, 15) is 4.79 Å². The van der Waals surface area contributed by atoms with Crippen LogP contribution in [0.25, 0.3) is 0 Å². The molecule has 0 aliphatic carbocycles. The van der Waals surface area contributed by atoms with Crippen LogP contribution in [0.15, 0.2) is 23.5 Å². The molecule has 0 amide bonds. The molecule has 0 unspecified atom stereocenters. The first-order valence-corrected chi connectivity index (χ1v) is 4.04. The van der Waals surface area contributed by atoms with E-state index in [1.54, 1.807) is 6.08 Å². The van der Waals surface area contributed by atoms with E-state index in [2.05, 4.69) is 11.7 Å². The summed E-state index contributed by atoms with van der Waals surface area (Å²) < 4.78 is 11.1. The molecule has 76 valence electrons. The van der Waals surface area contributed by atoms with Crippen molar-refractivity contribution in [2.45, 2.75) is 6.54 Å². The van der Waals surface area contributed by atoms with Crippen molar-refractivity contribution in [2.75, 3.05) is 14.2 Å². The second-order valence-corrected chi connectivity index (χ2v) is 2.53. The van der Waals surface area contributed by atoms with Gasteiger partial charge in [-0.15, -0.1) is 11.7 Å². The summed E-state index contributed by atoms with van der Waals surface area (Å²) in [6, 6.07) is 1.33. The Morgan fingerprint density at radius 2 is 2.29 bits per heavy atom. The van der Waals surface area contributed by atoms with Crippen LogP contribution in [-0.4, -0.2) is 24.0 Å². The molecule has 0 N–H and O–H groups in total. The zero-order valence-electron chi connectivity index (χ0n) is 8.19. The topological polar surface area (TPSA) is 53.4 Å². The Kier molecular flexibility index (Phi) is 3.28. The maximum Gasteiger partial charge on any atom is 0.274 e. The van der Waals surface area contributed by atoms with E-state index in [1.807, 2.05) is 0 Å². The van der Waals surface area contributed by atoms with Crippen LogP contribution in [0.1, 0.15) is 0 Å². The molecular weight excluding hydrogens is 184 g/mol. The van der Waals surface area contributed by atoms with Crippen LogP contribution in [0.2, 0.25) is 0 Å². The number of hydrogen-bond acceptors (Lipinski definition) is 4. The van der Waals surface area contributed by atoms with Gasteiger partial charge in [0.1, 0.15) is 0 Å². The molecule has 0 aliphatic heterocycles. The molecule has 1 heterocycles. The molecule has 0 atom stereocenters. The maximum atomic E-state index is 11.4. The fourth-order valence-electron chi connectivity index (χ4n) is 0.997. The Balaban J connectivity index is 3.22. The van der Waals surface area contributed by atoms with Crippen molar-refractivity contribution in [2.24, 2.45) is 0 Å². The first-order chi connectivity index (χ1) is 6.72. The summed E-state index contributed by atoms with van der Waals surface area (Å²) in [5.74, 6) is 0.617. The van der Waals surface area contributed by atoms with Gasteiger partial charge in [-0.3, -0.25) is 4.79 Å². The van der Waals surface area contributed by atoms with Crippen LogP contribution >= 0.6 is 0 Å². The smallest absolute Gasteiger partial charge is 0.274 e. The lowest BCUT2D eigenvalue weighted by molar-refractivity contribution is 0.329. The van der Waals surface area contributed by atoms with E-state index in [4.69, 9.17) is 9.47 Å². The fourth-order valence-corrected chi connectivity index (χ4v) is 0.997. The SMILES string of the molecule is C=CCn1nc(OC)c(OC)cc1=O. The van der Waals surface area contributed by atoms with E-state index in [1.165, 1.54) is 25.0 Å². The lowest BCUT2D eigenvalue weighted by atomic mass is 10.5. The van der Waals surface area contributed by atoms with Gasteiger partial charge in [0, 0.05) is 0 Å². The molecule has 1 aromatic heterocycles. The third kappa shape index (κ3) is 1.93. The molecule has 0 fully saturated rings. The van der Waals surface area contributed by atoms with Gasteiger partial charge < -0.3 is 9.47 Å². The van der Waals surface area contributed by atoms with Gasteiger partial charge in [0.25, 0.3) is 11.4 Å². The van der Waals surface area contributed by atoms with Crippen molar-refractivity contribution in [3.63, 3.8) is 0 Å². The molecular formula is C9H12N2O3. The van der Waals surface area contributed by atoms with Crippen molar-refractivity contribution in [3.8, 4) is 11.6 Å². The number of aromatic nitrogens is 2. The molecule has 0 aliphatic rings. The Hall–Kier alpha value is -1.78. The van der Waals surface area contributed by atoms with Crippen LogP contribution < -0.4 is 15.0 Å². The first kappa shape index (κ1) is 10.3. The van der Waals surface area contributed by atoms with Crippen LogP contribution in [-0.2, 0) is 6.54 Å². The molecule has 0 radical (unpaired) electrons. The second kappa shape index (κ2) is 4.45. The van der Waals surface area contributed by atoms with Crippen molar-refractivity contribution in [3.05, 3.63) is 29.1 Å². The molecule has 1 rings (SSSR count). The Labute approximate surface area is 81.6 Å². The van der Waals surface area contributed by atoms with Crippen LogP contribution in [0, 0.1) is 0 Å². The summed E-state index contributed by atoms with van der Waals surface area (Å²) in [5, 5.41) is 3.94. The van der Waals surface area contributed by atoms with E-state index >= 15 is 0 Å². The fraction of sp³-hybridized carbons (Fsp3) is 0.333. The Morgan fingerprint density at radius 3 is 2.79 bits per heavy atom. The van der Waals surface area contributed by atoms with Crippen molar-refractivity contribution >= 4 is 0 Å². The summed E-state index contributed by atoms with van der Waals surface area (Å²) in [5.41, 5.74) is -0.248. The highest BCUT2D eigenvalue weighted by atomic mass is 16.5. The van der Waals surface area contributed by atoms with Gasteiger partial charge in [0.15, 0.2) is 5.75 Å². The second-order valence-electron chi connectivity index (χ2n) is 2.53. The van der Waals surface area contributed by atoms with E-state index < -0.39 is 0 Å². The summed E-state index contributed by atoms with van der Waals surface area (Å²) in [7, 11) is 2.92. The van der Waals surface area contributed by atoms with Crippen LogP contribution in [0.5, 0.6) is 11.6 Å². The molecule has 5 heteroatoms. The number of hydrogen-bond donors (Lipinski definition) is 0. The standard InChI is InChI=1S/C9H12N2O3/c1-4-5-11-8(12)6-7(13-2)9(10-11)14-3/h4,6H,1,5H2,2-3H3. The minimum atomic E-state index is -0.248. The highest BCUT2D eigenvalue weighted by Gasteiger charge is 2.08. The predicted octanol–water partition coefficient (Wildman–Crippen LogP) is 0.447. The molecule has 0 bridgehead atoms. The summed E-state index contributed by atoms with van der Waals surface area (Å²) in [6.45, 7) is 3.87. The largest absolute Gasteiger partial charge is 0.491 e. The van der Waals surface area contributed by atoms with Crippen LogP contribution in [0.3, 0.4) is 0 Å². The van der Waals surface area contributed by atoms with Gasteiger partial charge in [-0.1, -0.05) is 6.08 Å². The average molecular weight is 196 g/mol. The van der Waals surface area contributed by atoms with E-state index in [-0.39, 0.29) is 11.4 Å². The Bertz CT molecular complexity index is 384. The van der Waals surface area contributed by atoms with Gasteiger partial charge in [0.2, 0.25) is 0 Å². The number of rotatable bonds is 4. The molecule has 5 nitrogen and oxygen atoms in total. The van der Waals surface area contributed by atoms with Crippen molar-refractivity contribution in [1.82, 2.24) is 9.78 Å². The molecule has 0 saturated carbocycles. The summed E-state index contributed by atoms with van der Waals surface area (Å²) in [6.07, 6.45) is 1.58. The van der Waals surface area contributed by atoms with Gasteiger partial charge >= 0.3 is 0 Å². The van der Waals surface area contributed by atoms with Gasteiger partial charge in [-0.05, 0) is 0 Å². The highest BCUT2D eigenvalue weighted by Crippen LogP contribution is 2.19. The average Bonchev–Trinajstić information content (AvgIpc) is 2.20. The third-order valence-electron chi connectivity index (χ3n) is 1.65. The quantitative estimate of drug-likeness (QED) is 0.656. The summed E-state index contributed by atoms with van der Waals surface area (Å²) in [4.78, 5) is 11.4. The number of ether oxygens (including phenoxy) is 2. The lowest BCUT2D eigenvalue weighted by Gasteiger charge is -2.07. The lowest BCUT2D eigenvalue weighted by Crippen LogP contribution is -2.22. The Morgan fingerprint density at radius 1 is 1.57 bits per heavy atom. The normalized spacial score (nSPS) is 9.57. The molecule has 0 spiro atoms. The number of allylic oxidation sites excluding steroid dienone is 1. The van der Waals surface area contributed by atoms with Gasteiger partial charge in [-0.2, -0.15) is 0 Å². The monoisotopic (exact) mass is 196 g/mol. The van der Waals surface area contributed by atoms with Crippen molar-refractivity contribution < 1.29 is 9.47 Å². The zero-order valence-corrected chi connectivity index (χ0v) is 8.19. The first-order valence-electron chi connectivity index (χ1n) is 4.04. The molecule has 14 heavy (non-hydrogen) atoms.